The largest absolute Gasteiger partial charge is 0.361 e. The van der Waals surface area contributed by atoms with Crippen LogP contribution in [-0.4, -0.2) is 9.97 Å². The summed E-state index contributed by atoms with van der Waals surface area (Å²) in [5.41, 5.74) is 3.65. The summed E-state index contributed by atoms with van der Waals surface area (Å²) in [5.74, 6) is 0. The van der Waals surface area contributed by atoms with Gasteiger partial charge in [-0.05, 0) is 46.9 Å². The lowest BCUT2D eigenvalue weighted by atomic mass is 9.89. The molecule has 0 bridgehead atoms. The van der Waals surface area contributed by atoms with E-state index < -0.39 is 10.9 Å². The fraction of sp³-hybridized carbons (Fsp3) is 0. The van der Waals surface area contributed by atoms with Crippen LogP contribution in [0.25, 0.3) is 44.1 Å². The first-order valence-electron chi connectivity index (χ1n) is 7.82. The third-order valence-electron chi connectivity index (χ3n) is 4.68. The predicted octanol–water partition coefficient (Wildman–Crippen LogP) is 4.18. The van der Waals surface area contributed by atoms with Gasteiger partial charge in [0.1, 0.15) is 0 Å². The Kier molecular flexibility index (Phi) is 3.03. The van der Waals surface area contributed by atoms with Crippen LogP contribution in [-0.2, 0) is 0 Å². The minimum absolute atomic E-state index is 0.417. The van der Waals surface area contributed by atoms with Gasteiger partial charge in [-0.25, -0.2) is 0 Å². The summed E-state index contributed by atoms with van der Waals surface area (Å²) in [4.78, 5) is 31.1. The number of aromatic amines is 2. The van der Waals surface area contributed by atoms with Gasteiger partial charge in [0, 0.05) is 60.0 Å². The minimum atomic E-state index is -0.417. The van der Waals surface area contributed by atoms with Crippen molar-refractivity contribution in [1.29, 1.82) is 0 Å². The van der Waals surface area contributed by atoms with Crippen LogP contribution in [0.1, 0.15) is 0 Å². The molecule has 120 valence electrons. The summed E-state index contributed by atoms with van der Waals surface area (Å²) in [6, 6.07) is 13.8. The molecule has 0 amide bonds. The second-order valence-electron chi connectivity index (χ2n) is 6.05. The normalized spacial score (nSPS) is 11.7. The zero-order valence-corrected chi connectivity index (χ0v) is 15.0. The number of rotatable bonds is 2. The highest BCUT2D eigenvalue weighted by molar-refractivity contribution is 14.1. The Bertz CT molecular complexity index is 1350. The maximum absolute atomic E-state index is 12.4. The van der Waals surface area contributed by atoms with Crippen LogP contribution in [0.5, 0.6) is 0 Å². The maximum Gasteiger partial charge on any atom is 0.235 e. The van der Waals surface area contributed by atoms with Crippen LogP contribution in [0.3, 0.4) is 0 Å². The van der Waals surface area contributed by atoms with Crippen molar-refractivity contribution >= 4 is 44.4 Å². The second kappa shape index (κ2) is 5.16. The van der Waals surface area contributed by atoms with Crippen molar-refractivity contribution in [1.82, 2.24) is 9.97 Å². The molecule has 2 aromatic heterocycles. The Morgan fingerprint density at radius 2 is 1.32 bits per heavy atom. The van der Waals surface area contributed by atoms with Crippen LogP contribution >= 0.6 is 22.6 Å². The molecule has 2 heterocycles. The van der Waals surface area contributed by atoms with Crippen LogP contribution in [0.2, 0.25) is 0 Å². The van der Waals surface area contributed by atoms with Crippen molar-refractivity contribution in [2.75, 3.05) is 0 Å². The van der Waals surface area contributed by atoms with Gasteiger partial charge in [0.05, 0.1) is 0 Å². The van der Waals surface area contributed by atoms with Gasteiger partial charge >= 0.3 is 0 Å². The van der Waals surface area contributed by atoms with E-state index in [9.17, 15) is 9.59 Å². The molecule has 5 aromatic rings. The first kappa shape index (κ1) is 14.7. The van der Waals surface area contributed by atoms with Crippen molar-refractivity contribution in [3.63, 3.8) is 0 Å². The summed E-state index contributed by atoms with van der Waals surface area (Å²) >= 11 is 2.25. The molecule has 5 heteroatoms. The van der Waals surface area contributed by atoms with Gasteiger partial charge in [0.15, 0.2) is 0 Å². The summed E-state index contributed by atoms with van der Waals surface area (Å²) in [7, 11) is 0. The molecule has 0 unspecified atom stereocenters. The fourth-order valence-electron chi connectivity index (χ4n) is 3.48. The number of benzene rings is 2. The Hall–Kier alpha value is -2.67. The average Bonchev–Trinajstić information content (AvgIpc) is 3.22. The third-order valence-corrected chi connectivity index (χ3v) is 5.35. The molecule has 0 fully saturated rings. The topological polar surface area (TPSA) is 65.7 Å². The molecule has 25 heavy (non-hydrogen) atoms. The molecular weight excluding hydrogens is 427 g/mol. The molecule has 4 nitrogen and oxygen atoms in total. The Morgan fingerprint density at radius 1 is 0.720 bits per heavy atom. The van der Waals surface area contributed by atoms with Crippen molar-refractivity contribution in [3.8, 4) is 22.3 Å². The number of hydrogen-bond acceptors (Lipinski definition) is 2. The molecule has 0 aliphatic heterocycles. The standard InChI is InChI=1S/C20H11IN2O2/c21-10-5-6-16-12(7-10)14(9-23-16)18-17(19(24)20(18)25)13-8-22-15-4-2-1-3-11(13)15/h1-9,22-23H. The van der Waals surface area contributed by atoms with Gasteiger partial charge in [-0.1, -0.05) is 18.2 Å². The lowest BCUT2D eigenvalue weighted by Gasteiger charge is -2.10. The average molecular weight is 438 g/mol. The Balaban J connectivity index is 1.82. The van der Waals surface area contributed by atoms with Crippen molar-refractivity contribution < 1.29 is 0 Å². The first-order chi connectivity index (χ1) is 12.1. The van der Waals surface area contributed by atoms with Gasteiger partial charge in [0.2, 0.25) is 10.9 Å². The van der Waals surface area contributed by atoms with E-state index in [0.29, 0.717) is 11.1 Å². The van der Waals surface area contributed by atoms with E-state index in [1.54, 1.807) is 0 Å². The molecule has 0 radical (unpaired) electrons. The van der Waals surface area contributed by atoms with E-state index in [-0.39, 0.29) is 0 Å². The van der Waals surface area contributed by atoms with Crippen LogP contribution in [0, 0.1) is 3.57 Å². The first-order valence-corrected chi connectivity index (χ1v) is 8.90. The second-order valence-corrected chi connectivity index (χ2v) is 7.29. The monoisotopic (exact) mass is 438 g/mol. The number of fused-ring (bicyclic) bond motifs is 2. The van der Waals surface area contributed by atoms with E-state index in [2.05, 4.69) is 32.6 Å². The number of hydrogen-bond donors (Lipinski definition) is 2. The molecule has 5 rings (SSSR count). The van der Waals surface area contributed by atoms with Gasteiger partial charge < -0.3 is 9.97 Å². The van der Waals surface area contributed by atoms with Crippen molar-refractivity contribution in [3.05, 3.63) is 78.9 Å². The van der Waals surface area contributed by atoms with E-state index in [1.807, 2.05) is 54.9 Å². The van der Waals surface area contributed by atoms with E-state index in [1.165, 1.54) is 0 Å². The molecule has 0 spiro atoms. The molecule has 0 atom stereocenters. The highest BCUT2D eigenvalue weighted by Gasteiger charge is 2.27. The van der Waals surface area contributed by atoms with Crippen LogP contribution < -0.4 is 10.9 Å². The molecule has 0 aliphatic rings. The summed E-state index contributed by atoms with van der Waals surface area (Å²) in [6.45, 7) is 0. The lowest BCUT2D eigenvalue weighted by Crippen LogP contribution is -2.34. The molecule has 0 saturated heterocycles. The van der Waals surface area contributed by atoms with Crippen LogP contribution in [0.4, 0.5) is 0 Å². The van der Waals surface area contributed by atoms with Gasteiger partial charge in [0.25, 0.3) is 0 Å². The smallest absolute Gasteiger partial charge is 0.235 e. The number of H-pyrrole nitrogens is 2. The highest BCUT2D eigenvalue weighted by atomic mass is 127. The van der Waals surface area contributed by atoms with Gasteiger partial charge in [-0.2, -0.15) is 0 Å². The summed E-state index contributed by atoms with van der Waals surface area (Å²) in [5, 5.41) is 1.91. The number of aromatic nitrogens is 2. The molecule has 0 aliphatic carbocycles. The zero-order valence-electron chi connectivity index (χ0n) is 12.9. The van der Waals surface area contributed by atoms with Gasteiger partial charge in [-0.15, -0.1) is 0 Å². The quantitative estimate of drug-likeness (QED) is 0.321. The number of halogens is 1. The maximum atomic E-state index is 12.4. The Morgan fingerprint density at radius 3 is 2.04 bits per heavy atom. The van der Waals surface area contributed by atoms with Crippen molar-refractivity contribution in [2.24, 2.45) is 0 Å². The third kappa shape index (κ3) is 1.99. The molecule has 0 saturated carbocycles. The van der Waals surface area contributed by atoms with E-state index in [4.69, 9.17) is 0 Å². The predicted molar refractivity (Wildman–Crippen MR) is 109 cm³/mol. The number of nitrogens with one attached hydrogen (secondary N) is 2. The van der Waals surface area contributed by atoms with E-state index in [0.717, 1.165) is 36.5 Å². The summed E-state index contributed by atoms with van der Waals surface area (Å²) < 4.78 is 1.08. The zero-order chi connectivity index (χ0) is 17.1. The van der Waals surface area contributed by atoms with Gasteiger partial charge in [-0.3, -0.25) is 9.59 Å². The highest BCUT2D eigenvalue weighted by Crippen LogP contribution is 2.36. The number of para-hydroxylation sites is 1. The molecular formula is C20H11IN2O2. The van der Waals surface area contributed by atoms with E-state index >= 15 is 0 Å². The minimum Gasteiger partial charge on any atom is -0.361 e. The Labute approximate surface area is 155 Å². The van der Waals surface area contributed by atoms with Crippen molar-refractivity contribution in [2.45, 2.75) is 0 Å². The van der Waals surface area contributed by atoms with Crippen LogP contribution in [0.15, 0.2) is 64.4 Å². The molecule has 2 N–H and O–H groups in total. The SMILES string of the molecule is O=c1c(-c2c[nH]c3ccccc23)c(-c2c[nH]c3ccc(I)cc23)c1=O. The fourth-order valence-corrected chi connectivity index (χ4v) is 3.97. The molecule has 3 aromatic carbocycles. The summed E-state index contributed by atoms with van der Waals surface area (Å²) in [6.07, 6.45) is 3.62. The lowest BCUT2D eigenvalue weighted by molar-refractivity contribution is 1.39.